The smallest absolute Gasteiger partial charge is 0.209 e. The first-order valence-corrected chi connectivity index (χ1v) is 11.9. The summed E-state index contributed by atoms with van der Waals surface area (Å²) >= 11 is 0. The van der Waals surface area contributed by atoms with Gasteiger partial charge in [0.05, 0.1) is 22.3 Å². The Balaban J connectivity index is 1.55. The molecule has 0 atom stereocenters. The molecule has 2 heterocycles. The Kier molecular flexibility index (Phi) is 4.52. The molecular weight excluding hydrogens is 432 g/mol. The van der Waals surface area contributed by atoms with E-state index in [1.54, 1.807) is 0 Å². The highest BCUT2D eigenvalue weighted by molar-refractivity contribution is 6.42. The number of carbonyl (C=O) groups excluding carboxylic acids is 1. The Morgan fingerprint density at radius 1 is 0.914 bits per heavy atom. The number of hydrogen-bond acceptors (Lipinski definition) is 2. The molecule has 1 N–H and O–H groups in total. The van der Waals surface area contributed by atoms with Gasteiger partial charge in [-0.05, 0) is 25.5 Å². The number of fused-ring (bicyclic) bond motifs is 2. The second-order valence-corrected chi connectivity index (χ2v) is 9.86. The number of allylic oxidation sites excluding steroid dienone is 3. The van der Waals surface area contributed by atoms with Gasteiger partial charge in [0.1, 0.15) is 12.8 Å². The van der Waals surface area contributed by atoms with E-state index in [9.17, 15) is 9.90 Å². The number of aliphatic hydroxyl groups excluding tert-OH is 1. The normalized spacial score (nSPS) is 17.9. The first kappa shape index (κ1) is 21.4. The van der Waals surface area contributed by atoms with Gasteiger partial charge in [0.2, 0.25) is 11.5 Å². The summed E-state index contributed by atoms with van der Waals surface area (Å²) in [7, 11) is 4.03. The lowest BCUT2D eigenvalue weighted by molar-refractivity contribution is -0.401. The third kappa shape index (κ3) is 2.86. The number of para-hydroxylation sites is 2. The van der Waals surface area contributed by atoms with Gasteiger partial charge in [-0.3, -0.25) is 4.79 Å². The van der Waals surface area contributed by atoms with Crippen molar-refractivity contribution in [2.45, 2.75) is 19.3 Å². The molecule has 0 radical (unpaired) electrons. The predicted molar refractivity (Wildman–Crippen MR) is 141 cm³/mol. The summed E-state index contributed by atoms with van der Waals surface area (Å²) in [5.74, 6) is -0.0557. The molecule has 0 bridgehead atoms. The molecule has 4 aromatic rings. The van der Waals surface area contributed by atoms with Crippen LogP contribution in [-0.2, 0) is 17.3 Å². The highest BCUT2D eigenvalue weighted by Gasteiger charge is 2.46. The third-order valence-corrected chi connectivity index (χ3v) is 7.59. The molecule has 1 aromatic heterocycles. The van der Waals surface area contributed by atoms with E-state index in [4.69, 9.17) is 0 Å². The molecule has 1 aliphatic heterocycles. The number of ketones is 1. The molecule has 2 aliphatic rings. The van der Waals surface area contributed by atoms with Crippen molar-refractivity contribution in [3.63, 3.8) is 0 Å². The molecule has 35 heavy (non-hydrogen) atoms. The summed E-state index contributed by atoms with van der Waals surface area (Å²) < 4.78 is 4.22. The number of aryl methyl sites for hydroxylation is 1. The summed E-state index contributed by atoms with van der Waals surface area (Å²) in [6, 6.07) is 26.4. The Labute approximate surface area is 204 Å². The van der Waals surface area contributed by atoms with Crippen molar-refractivity contribution in [2.75, 3.05) is 7.05 Å². The maximum atomic E-state index is 13.7. The number of benzene rings is 3. The zero-order valence-electron chi connectivity index (χ0n) is 20.3. The molecule has 0 amide bonds. The van der Waals surface area contributed by atoms with Gasteiger partial charge < -0.3 is 9.67 Å². The number of aromatic nitrogens is 1. The number of nitrogens with zero attached hydrogens (tertiary/aromatic N) is 2. The highest BCUT2D eigenvalue weighted by atomic mass is 16.3. The fraction of sp³-hybridized carbons (Fsp3) is 0.161. The van der Waals surface area contributed by atoms with Crippen molar-refractivity contribution >= 4 is 33.7 Å². The van der Waals surface area contributed by atoms with Gasteiger partial charge in [-0.1, -0.05) is 66.7 Å². The zero-order valence-corrected chi connectivity index (χ0v) is 20.3. The van der Waals surface area contributed by atoms with Crippen LogP contribution in [0.3, 0.4) is 0 Å². The minimum Gasteiger partial charge on any atom is -0.506 e. The molecule has 0 saturated heterocycles. The van der Waals surface area contributed by atoms with Crippen LogP contribution in [-0.4, -0.2) is 32.8 Å². The molecule has 4 heteroatoms. The Morgan fingerprint density at radius 3 is 2.29 bits per heavy atom. The predicted octanol–water partition coefficient (Wildman–Crippen LogP) is 6.33. The van der Waals surface area contributed by atoms with Crippen LogP contribution in [0.4, 0.5) is 5.69 Å². The third-order valence-electron chi connectivity index (χ3n) is 7.59. The van der Waals surface area contributed by atoms with Crippen LogP contribution in [0.2, 0.25) is 0 Å². The summed E-state index contributed by atoms with van der Waals surface area (Å²) in [5.41, 5.74) is 7.57. The molecule has 6 rings (SSSR count). The number of rotatable bonds is 3. The van der Waals surface area contributed by atoms with E-state index in [0.717, 1.165) is 39.1 Å². The van der Waals surface area contributed by atoms with E-state index >= 15 is 0 Å². The molecule has 0 spiro atoms. The van der Waals surface area contributed by atoms with Crippen molar-refractivity contribution in [2.24, 2.45) is 7.05 Å². The van der Waals surface area contributed by atoms with Crippen molar-refractivity contribution in [1.29, 1.82) is 0 Å². The SMILES string of the molecule is Cn1c(-c2ccccc2)c(C2=C(O)/C(=C\C3=[N+](C)c4ccccc4C3(C)C)C2=O)c2ccccc21. The molecule has 0 fully saturated rings. The monoisotopic (exact) mass is 459 g/mol. The standard InChI is InChI=1S/C31H26N2O2/c1-31(2)22-15-9-11-17-24(22)32(3)25(31)18-21-29(34)27(30(21)35)26-20-14-8-10-16-23(20)33(4)28(26)19-12-6-5-7-13-19/h5-18H,1-4H3/p+1. The topological polar surface area (TPSA) is 45.2 Å². The van der Waals surface area contributed by atoms with Crippen LogP contribution in [0.15, 0.2) is 96.3 Å². The van der Waals surface area contributed by atoms with E-state index < -0.39 is 0 Å². The average molecular weight is 460 g/mol. The summed E-state index contributed by atoms with van der Waals surface area (Å²) in [6.45, 7) is 4.31. The van der Waals surface area contributed by atoms with Crippen molar-refractivity contribution in [3.8, 4) is 11.3 Å². The van der Waals surface area contributed by atoms with Gasteiger partial charge in [-0.15, -0.1) is 0 Å². The summed E-state index contributed by atoms with van der Waals surface area (Å²) in [4.78, 5) is 13.7. The second-order valence-electron chi connectivity index (χ2n) is 9.86. The lowest BCUT2D eigenvalue weighted by Crippen LogP contribution is -2.30. The van der Waals surface area contributed by atoms with Crippen LogP contribution in [0, 0.1) is 0 Å². The number of aliphatic hydroxyl groups is 1. The van der Waals surface area contributed by atoms with Gasteiger partial charge in [0.25, 0.3) is 0 Å². The Bertz CT molecular complexity index is 1650. The maximum Gasteiger partial charge on any atom is 0.209 e. The quantitative estimate of drug-likeness (QED) is 0.287. The number of hydrogen-bond donors (Lipinski definition) is 1. The minimum absolute atomic E-state index is 0.0659. The van der Waals surface area contributed by atoms with E-state index in [1.807, 2.05) is 86.9 Å². The van der Waals surface area contributed by atoms with E-state index in [2.05, 4.69) is 35.1 Å². The second kappa shape index (κ2) is 7.41. The van der Waals surface area contributed by atoms with Gasteiger partial charge in [-0.2, -0.15) is 4.58 Å². The highest BCUT2D eigenvalue weighted by Crippen LogP contribution is 2.46. The average Bonchev–Trinajstić information content (AvgIpc) is 3.26. The van der Waals surface area contributed by atoms with Crippen LogP contribution in [0.5, 0.6) is 0 Å². The zero-order chi connectivity index (χ0) is 24.5. The number of Topliss-reactive ketones (excluding diaryl/α,β-unsaturated/α-hetero) is 1. The van der Waals surface area contributed by atoms with Gasteiger partial charge in [0, 0.05) is 41.2 Å². The van der Waals surface area contributed by atoms with Crippen molar-refractivity contribution in [1.82, 2.24) is 4.57 Å². The lowest BCUT2D eigenvalue weighted by atomic mass is 9.77. The van der Waals surface area contributed by atoms with E-state index in [1.165, 1.54) is 5.56 Å². The van der Waals surface area contributed by atoms with Crippen LogP contribution in [0.1, 0.15) is 25.0 Å². The van der Waals surface area contributed by atoms with Gasteiger partial charge >= 0.3 is 0 Å². The lowest BCUT2D eigenvalue weighted by Gasteiger charge is -2.23. The van der Waals surface area contributed by atoms with Crippen molar-refractivity contribution in [3.05, 3.63) is 107 Å². The fourth-order valence-electron chi connectivity index (χ4n) is 5.76. The maximum absolute atomic E-state index is 13.7. The molecule has 4 nitrogen and oxygen atoms in total. The van der Waals surface area contributed by atoms with E-state index in [-0.39, 0.29) is 17.0 Å². The molecular formula is C31H27N2O2+. The van der Waals surface area contributed by atoms with E-state index in [0.29, 0.717) is 11.1 Å². The molecule has 3 aromatic carbocycles. The Morgan fingerprint density at radius 2 is 1.57 bits per heavy atom. The molecule has 0 saturated carbocycles. The Hall–Kier alpha value is -4.18. The van der Waals surface area contributed by atoms with Crippen LogP contribution < -0.4 is 0 Å². The molecule has 172 valence electrons. The van der Waals surface area contributed by atoms with Gasteiger partial charge in [0.15, 0.2) is 5.71 Å². The first-order valence-electron chi connectivity index (χ1n) is 11.9. The van der Waals surface area contributed by atoms with Crippen LogP contribution in [0.25, 0.3) is 27.7 Å². The fourth-order valence-corrected chi connectivity index (χ4v) is 5.76. The minimum atomic E-state index is -0.275. The summed E-state index contributed by atoms with van der Waals surface area (Å²) in [5, 5.41) is 12.3. The summed E-state index contributed by atoms with van der Waals surface area (Å²) in [6.07, 6.45) is 1.87. The van der Waals surface area contributed by atoms with Crippen molar-refractivity contribution < 1.29 is 14.5 Å². The van der Waals surface area contributed by atoms with Crippen LogP contribution >= 0.6 is 0 Å². The molecule has 0 unspecified atom stereocenters. The first-order chi connectivity index (χ1) is 16.8. The molecule has 1 aliphatic carbocycles. The largest absolute Gasteiger partial charge is 0.506 e. The number of carbonyl (C=O) groups is 1. The van der Waals surface area contributed by atoms with Gasteiger partial charge in [-0.25, -0.2) is 0 Å².